The predicted molar refractivity (Wildman–Crippen MR) is 43.3 cm³/mol. The molecule has 0 bridgehead atoms. The van der Waals surface area contributed by atoms with E-state index in [4.69, 9.17) is 9.84 Å². The molecule has 0 aromatic rings. The summed E-state index contributed by atoms with van der Waals surface area (Å²) in [5, 5.41) is 8.51. The Morgan fingerprint density at radius 2 is 2.42 bits per heavy atom. The van der Waals surface area contributed by atoms with Crippen molar-refractivity contribution in [1.29, 1.82) is 0 Å². The van der Waals surface area contributed by atoms with E-state index in [0.29, 0.717) is 12.8 Å². The van der Waals surface area contributed by atoms with Crippen LogP contribution in [0.2, 0.25) is 0 Å². The van der Waals surface area contributed by atoms with Gasteiger partial charge in [-0.2, -0.15) is 0 Å². The van der Waals surface area contributed by atoms with Gasteiger partial charge < -0.3 is 14.6 Å². The fourth-order valence-electron chi connectivity index (χ4n) is 0.739. The summed E-state index contributed by atoms with van der Waals surface area (Å²) in [6.07, 6.45) is 2.20. The largest absolute Gasteiger partial charge is 0.396 e. The van der Waals surface area contributed by atoms with Crippen LogP contribution in [0.25, 0.3) is 0 Å². The summed E-state index contributed by atoms with van der Waals surface area (Å²) < 4.78 is 9.75. The maximum absolute atomic E-state index is 9.98. The van der Waals surface area contributed by atoms with Gasteiger partial charge >= 0.3 is 0 Å². The number of aliphatic hydroxyl groups is 1. The van der Waals surface area contributed by atoms with Gasteiger partial charge in [-0.15, -0.1) is 0 Å². The molecule has 1 unspecified atom stereocenters. The molecular weight excluding hydrogens is 160 g/mol. The average Bonchev–Trinajstić information content (AvgIpc) is 2.10. The van der Waals surface area contributed by atoms with Crippen LogP contribution in [-0.2, 0) is 14.3 Å². The first-order chi connectivity index (χ1) is 5.85. The van der Waals surface area contributed by atoms with Crippen molar-refractivity contribution >= 4 is 5.94 Å². The molecule has 0 aromatic heterocycles. The van der Waals surface area contributed by atoms with Crippen molar-refractivity contribution in [2.45, 2.75) is 18.9 Å². The summed E-state index contributed by atoms with van der Waals surface area (Å²) in [4.78, 5) is 9.98. The predicted octanol–water partition coefficient (Wildman–Crippen LogP) is 0.136. The number of rotatable bonds is 7. The van der Waals surface area contributed by atoms with Gasteiger partial charge in [-0.25, -0.2) is 4.79 Å². The zero-order valence-electron chi connectivity index (χ0n) is 7.16. The van der Waals surface area contributed by atoms with Crippen LogP contribution in [0.5, 0.6) is 0 Å². The molecule has 4 heteroatoms. The van der Waals surface area contributed by atoms with Gasteiger partial charge in [0.1, 0.15) is 12.7 Å². The van der Waals surface area contributed by atoms with E-state index in [-0.39, 0.29) is 19.5 Å². The lowest BCUT2D eigenvalue weighted by Gasteiger charge is -2.10. The quantitative estimate of drug-likeness (QED) is 0.440. The Hall–Kier alpha value is -0.670. The minimum atomic E-state index is -0.297. The SMILES string of the molecule is COCOC(C=C=O)CCCO. The molecule has 0 aliphatic heterocycles. The smallest absolute Gasteiger partial charge is 0.147 e. The summed E-state index contributed by atoms with van der Waals surface area (Å²) in [7, 11) is 1.51. The van der Waals surface area contributed by atoms with Gasteiger partial charge in [-0.3, -0.25) is 0 Å². The van der Waals surface area contributed by atoms with Crippen molar-refractivity contribution in [3.8, 4) is 0 Å². The molecule has 0 aromatic carbocycles. The first-order valence-corrected chi connectivity index (χ1v) is 3.77. The molecule has 0 radical (unpaired) electrons. The Bertz CT molecular complexity index is 132. The monoisotopic (exact) mass is 174 g/mol. The second-order valence-corrected chi connectivity index (χ2v) is 2.26. The third-order valence-electron chi connectivity index (χ3n) is 1.30. The third-order valence-corrected chi connectivity index (χ3v) is 1.30. The van der Waals surface area contributed by atoms with Crippen molar-refractivity contribution in [1.82, 2.24) is 0 Å². The highest BCUT2D eigenvalue weighted by atomic mass is 16.7. The number of ether oxygens (including phenoxy) is 2. The van der Waals surface area contributed by atoms with Gasteiger partial charge in [-0.05, 0) is 12.8 Å². The van der Waals surface area contributed by atoms with Gasteiger partial charge in [0.25, 0.3) is 0 Å². The van der Waals surface area contributed by atoms with Crippen LogP contribution in [0.3, 0.4) is 0 Å². The highest BCUT2D eigenvalue weighted by Crippen LogP contribution is 2.02. The molecule has 70 valence electrons. The molecule has 1 N–H and O–H groups in total. The lowest BCUT2D eigenvalue weighted by molar-refractivity contribution is -0.0583. The molecule has 0 rings (SSSR count). The minimum absolute atomic E-state index is 0.0968. The summed E-state index contributed by atoms with van der Waals surface area (Å²) in [5.74, 6) is 1.65. The molecule has 0 amide bonds. The molecule has 0 saturated heterocycles. The van der Waals surface area contributed by atoms with Crippen LogP contribution >= 0.6 is 0 Å². The minimum Gasteiger partial charge on any atom is -0.396 e. The van der Waals surface area contributed by atoms with Crippen molar-refractivity contribution in [2.75, 3.05) is 20.5 Å². The second-order valence-electron chi connectivity index (χ2n) is 2.26. The molecular formula is C8H14O4. The van der Waals surface area contributed by atoms with Crippen molar-refractivity contribution < 1.29 is 19.4 Å². The van der Waals surface area contributed by atoms with Crippen molar-refractivity contribution in [3.63, 3.8) is 0 Å². The van der Waals surface area contributed by atoms with E-state index in [2.05, 4.69) is 4.74 Å². The standard InChI is InChI=1S/C8H14O4/c1-11-7-12-8(4-6-10)3-2-5-9/h4,8-9H,2-3,5,7H2,1H3. The second kappa shape index (κ2) is 8.43. The maximum Gasteiger partial charge on any atom is 0.147 e. The highest BCUT2D eigenvalue weighted by Gasteiger charge is 2.03. The Labute approximate surface area is 71.8 Å². The summed E-state index contributed by atoms with van der Waals surface area (Å²) in [5.41, 5.74) is 0. The summed E-state index contributed by atoms with van der Waals surface area (Å²) >= 11 is 0. The van der Waals surface area contributed by atoms with Gasteiger partial charge in [0.2, 0.25) is 0 Å². The molecule has 0 aliphatic carbocycles. The zero-order chi connectivity index (χ0) is 9.23. The number of methoxy groups -OCH3 is 1. The lowest BCUT2D eigenvalue weighted by Crippen LogP contribution is -2.12. The average molecular weight is 174 g/mol. The first kappa shape index (κ1) is 11.3. The number of hydrogen-bond donors (Lipinski definition) is 1. The summed E-state index contributed by atoms with van der Waals surface area (Å²) in [6, 6.07) is 0. The van der Waals surface area contributed by atoms with Crippen LogP contribution in [-0.4, -0.2) is 37.7 Å². The van der Waals surface area contributed by atoms with E-state index < -0.39 is 0 Å². The molecule has 0 fully saturated rings. The van der Waals surface area contributed by atoms with Crippen LogP contribution in [0.15, 0.2) is 6.08 Å². The molecule has 4 nitrogen and oxygen atoms in total. The molecule has 0 heterocycles. The van der Waals surface area contributed by atoms with E-state index >= 15 is 0 Å². The normalized spacial score (nSPS) is 12.2. The van der Waals surface area contributed by atoms with Crippen LogP contribution in [0.4, 0.5) is 0 Å². The van der Waals surface area contributed by atoms with E-state index in [9.17, 15) is 4.79 Å². The fraction of sp³-hybridized carbons (Fsp3) is 0.750. The van der Waals surface area contributed by atoms with Gasteiger partial charge in [0, 0.05) is 19.8 Å². The van der Waals surface area contributed by atoms with Crippen LogP contribution < -0.4 is 0 Å². The molecule has 0 saturated carbocycles. The van der Waals surface area contributed by atoms with Gasteiger partial charge in [0.05, 0.1) is 6.10 Å². The zero-order valence-corrected chi connectivity index (χ0v) is 7.16. The van der Waals surface area contributed by atoms with Gasteiger partial charge in [0.15, 0.2) is 0 Å². The Balaban J connectivity index is 3.61. The molecule has 0 aliphatic rings. The van der Waals surface area contributed by atoms with E-state index in [1.54, 1.807) is 5.94 Å². The molecule has 12 heavy (non-hydrogen) atoms. The summed E-state index contributed by atoms with van der Waals surface area (Å²) in [6.45, 7) is 0.244. The molecule has 0 spiro atoms. The lowest BCUT2D eigenvalue weighted by atomic mass is 10.2. The van der Waals surface area contributed by atoms with E-state index in [0.717, 1.165) is 0 Å². The van der Waals surface area contributed by atoms with Crippen molar-refractivity contribution in [3.05, 3.63) is 6.08 Å². The van der Waals surface area contributed by atoms with Crippen molar-refractivity contribution in [2.24, 2.45) is 0 Å². The third kappa shape index (κ3) is 6.07. The first-order valence-electron chi connectivity index (χ1n) is 3.77. The van der Waals surface area contributed by atoms with E-state index in [1.807, 2.05) is 0 Å². The van der Waals surface area contributed by atoms with Crippen LogP contribution in [0.1, 0.15) is 12.8 Å². The van der Waals surface area contributed by atoms with Gasteiger partial charge in [-0.1, -0.05) is 0 Å². The highest BCUT2D eigenvalue weighted by molar-refractivity contribution is 5.46. The maximum atomic E-state index is 9.98. The topological polar surface area (TPSA) is 55.8 Å². The Kier molecular flexibility index (Phi) is 7.96. The van der Waals surface area contributed by atoms with E-state index in [1.165, 1.54) is 13.2 Å². The Morgan fingerprint density at radius 3 is 2.92 bits per heavy atom. The van der Waals surface area contributed by atoms with Crippen LogP contribution in [0, 0.1) is 0 Å². The Morgan fingerprint density at radius 1 is 1.67 bits per heavy atom. The molecule has 1 atom stereocenters. The number of carbonyl (C=O) groups excluding carboxylic acids is 1. The number of hydrogen-bond acceptors (Lipinski definition) is 4. The fourth-order valence-corrected chi connectivity index (χ4v) is 0.739. The number of aliphatic hydroxyl groups excluding tert-OH is 1.